The van der Waals surface area contributed by atoms with Crippen LogP contribution in [0.2, 0.25) is 5.02 Å². The molecule has 4 aliphatic rings. The molecule has 4 aliphatic carbocycles. The average Bonchev–Trinajstić information content (AvgIpc) is 2.63. The Morgan fingerprint density at radius 1 is 1.14 bits per heavy atom. The Kier molecular flexibility index (Phi) is 5.32. The molecule has 150 valence electrons. The van der Waals surface area contributed by atoms with Crippen molar-refractivity contribution in [2.45, 2.75) is 38.5 Å². The van der Waals surface area contributed by atoms with Crippen LogP contribution in [0.4, 0.5) is 9.18 Å². The van der Waals surface area contributed by atoms with E-state index in [1.54, 1.807) is 0 Å². The van der Waals surface area contributed by atoms with Gasteiger partial charge in [0.2, 0.25) is 0 Å². The van der Waals surface area contributed by atoms with E-state index in [4.69, 9.17) is 16.3 Å². The minimum atomic E-state index is -0.655. The largest absolute Gasteiger partial charge is 0.448 e. The van der Waals surface area contributed by atoms with Crippen LogP contribution in [0.5, 0.6) is 0 Å². The molecule has 0 aliphatic heterocycles. The van der Waals surface area contributed by atoms with E-state index in [1.165, 1.54) is 49.6 Å². The molecule has 2 amide bonds. The second kappa shape index (κ2) is 7.74. The first-order valence-electron chi connectivity index (χ1n) is 9.77. The molecule has 4 saturated carbocycles. The molecule has 0 atom stereocenters. The predicted molar refractivity (Wildman–Crippen MR) is 104 cm³/mol. The van der Waals surface area contributed by atoms with Gasteiger partial charge in [-0.25, -0.2) is 14.6 Å². The van der Waals surface area contributed by atoms with Gasteiger partial charge < -0.3 is 4.74 Å². The lowest BCUT2D eigenvalue weighted by molar-refractivity contribution is -0.117. The van der Waals surface area contributed by atoms with Crippen LogP contribution < -0.4 is 10.9 Å². The molecule has 7 heteroatoms. The number of hydrogen-bond donors (Lipinski definition) is 2. The molecule has 1 aromatic rings. The number of amides is 2. The van der Waals surface area contributed by atoms with Crippen LogP contribution in [0.15, 0.2) is 24.3 Å². The highest BCUT2D eigenvalue weighted by molar-refractivity contribution is 6.32. The van der Waals surface area contributed by atoms with E-state index >= 15 is 0 Å². The molecule has 4 fully saturated rings. The van der Waals surface area contributed by atoms with E-state index in [1.807, 2.05) is 0 Å². The molecule has 28 heavy (non-hydrogen) atoms. The fraction of sp³-hybridized carbons (Fsp3) is 0.524. The van der Waals surface area contributed by atoms with Crippen molar-refractivity contribution < 1.29 is 18.7 Å². The van der Waals surface area contributed by atoms with Crippen molar-refractivity contribution in [1.82, 2.24) is 10.9 Å². The maximum absolute atomic E-state index is 13.0. The molecule has 0 aromatic heterocycles. The molecule has 0 unspecified atom stereocenters. The van der Waals surface area contributed by atoms with Gasteiger partial charge in [-0.05, 0) is 80.1 Å². The lowest BCUT2D eigenvalue weighted by Gasteiger charge is -2.56. The molecule has 5 rings (SSSR count). The normalized spacial score (nSPS) is 30.4. The standard InChI is InChI=1S/C21H24ClFN2O3/c22-18-8-17(23)3-1-16(18)2-4-19(26)24-25-20(27)28-12-21-9-13-5-14(10-21)7-15(6-13)11-21/h1-4,8,13-15H,5-7,9-12H2,(H,24,26)(H,25,27). The summed E-state index contributed by atoms with van der Waals surface area (Å²) in [5.74, 6) is 1.39. The van der Waals surface area contributed by atoms with Gasteiger partial charge in [0.25, 0.3) is 5.91 Å². The van der Waals surface area contributed by atoms with Gasteiger partial charge in [0.1, 0.15) is 5.82 Å². The van der Waals surface area contributed by atoms with Crippen LogP contribution >= 0.6 is 11.6 Å². The Hall–Kier alpha value is -2.08. The molecule has 1 aromatic carbocycles. The van der Waals surface area contributed by atoms with Gasteiger partial charge in [-0.1, -0.05) is 17.7 Å². The van der Waals surface area contributed by atoms with Crippen molar-refractivity contribution >= 4 is 29.7 Å². The van der Waals surface area contributed by atoms with Crippen molar-refractivity contribution in [1.29, 1.82) is 0 Å². The summed E-state index contributed by atoms with van der Waals surface area (Å²) in [5, 5.41) is 0.201. The van der Waals surface area contributed by atoms with Crippen molar-refractivity contribution in [2.24, 2.45) is 23.2 Å². The maximum atomic E-state index is 13.0. The number of benzene rings is 1. The van der Waals surface area contributed by atoms with E-state index in [-0.39, 0.29) is 10.4 Å². The number of halogens is 2. The molecular weight excluding hydrogens is 383 g/mol. The fourth-order valence-electron chi connectivity index (χ4n) is 5.68. The molecule has 5 nitrogen and oxygen atoms in total. The van der Waals surface area contributed by atoms with E-state index in [0.29, 0.717) is 12.2 Å². The Labute approximate surface area is 168 Å². The zero-order valence-electron chi connectivity index (χ0n) is 15.5. The Morgan fingerprint density at radius 2 is 1.79 bits per heavy atom. The second-order valence-corrected chi connectivity index (χ2v) is 9.01. The van der Waals surface area contributed by atoms with Gasteiger partial charge in [-0.3, -0.25) is 10.2 Å². The predicted octanol–water partition coefficient (Wildman–Crippen LogP) is 4.47. The highest BCUT2D eigenvalue weighted by Crippen LogP contribution is 2.60. The number of nitrogens with one attached hydrogen (secondary N) is 2. The topological polar surface area (TPSA) is 67.4 Å². The third-order valence-electron chi connectivity index (χ3n) is 6.34. The summed E-state index contributed by atoms with van der Waals surface area (Å²) in [4.78, 5) is 23.8. The zero-order chi connectivity index (χ0) is 19.7. The SMILES string of the molecule is O=C(C=Cc1ccc(F)cc1Cl)NNC(=O)OCC12CC3CC(CC(C3)C1)C2. The lowest BCUT2D eigenvalue weighted by Crippen LogP contribution is -2.49. The minimum absolute atomic E-state index is 0.134. The van der Waals surface area contributed by atoms with Crippen LogP contribution in [-0.4, -0.2) is 18.6 Å². The van der Waals surface area contributed by atoms with Gasteiger partial charge >= 0.3 is 6.09 Å². The van der Waals surface area contributed by atoms with E-state index in [2.05, 4.69) is 10.9 Å². The van der Waals surface area contributed by atoms with Gasteiger partial charge in [-0.2, -0.15) is 0 Å². The second-order valence-electron chi connectivity index (χ2n) is 8.61. The number of rotatable bonds is 4. The van der Waals surface area contributed by atoms with Gasteiger partial charge in [0.05, 0.1) is 11.6 Å². The number of carbonyl (C=O) groups excluding carboxylic acids is 2. The fourth-order valence-corrected chi connectivity index (χ4v) is 5.91. The maximum Gasteiger partial charge on any atom is 0.426 e. The van der Waals surface area contributed by atoms with E-state index in [9.17, 15) is 14.0 Å². The third kappa shape index (κ3) is 4.32. The Balaban J connectivity index is 1.22. The quantitative estimate of drug-likeness (QED) is 0.572. The molecule has 4 bridgehead atoms. The Bertz CT molecular complexity index is 776. The van der Waals surface area contributed by atoms with Gasteiger partial charge in [0.15, 0.2) is 0 Å². The van der Waals surface area contributed by atoms with Crippen LogP contribution in [0, 0.1) is 29.0 Å². The summed E-state index contributed by atoms with van der Waals surface area (Å²) in [6.07, 6.45) is 9.47. The third-order valence-corrected chi connectivity index (χ3v) is 6.67. The lowest BCUT2D eigenvalue weighted by atomic mass is 9.50. The van der Waals surface area contributed by atoms with Crippen molar-refractivity contribution in [2.75, 3.05) is 6.61 Å². The highest BCUT2D eigenvalue weighted by atomic mass is 35.5. The number of ether oxygens (including phenoxy) is 1. The summed E-state index contributed by atoms with van der Waals surface area (Å²) in [5.41, 5.74) is 5.18. The van der Waals surface area contributed by atoms with Gasteiger partial charge in [-0.15, -0.1) is 0 Å². The summed E-state index contributed by atoms with van der Waals surface area (Å²) < 4.78 is 18.4. The van der Waals surface area contributed by atoms with Crippen LogP contribution in [-0.2, 0) is 9.53 Å². The molecular formula is C21H24ClFN2O3. The average molecular weight is 407 g/mol. The van der Waals surface area contributed by atoms with Crippen molar-refractivity contribution in [3.05, 3.63) is 40.7 Å². The first-order valence-corrected chi connectivity index (χ1v) is 10.1. The van der Waals surface area contributed by atoms with E-state index < -0.39 is 17.8 Å². The summed E-state index contributed by atoms with van der Waals surface area (Å²) in [7, 11) is 0. The molecule has 0 radical (unpaired) electrons. The molecule has 2 N–H and O–H groups in total. The van der Waals surface area contributed by atoms with Crippen LogP contribution in [0.25, 0.3) is 6.08 Å². The molecule has 0 saturated heterocycles. The number of hydrogen-bond acceptors (Lipinski definition) is 3. The smallest absolute Gasteiger partial charge is 0.426 e. The van der Waals surface area contributed by atoms with Crippen molar-refractivity contribution in [3.8, 4) is 0 Å². The molecule has 0 spiro atoms. The number of carbonyl (C=O) groups is 2. The van der Waals surface area contributed by atoms with Crippen LogP contribution in [0.3, 0.4) is 0 Å². The summed E-state index contributed by atoms with van der Waals surface area (Å²) in [6.45, 7) is 0.416. The Morgan fingerprint density at radius 3 is 2.39 bits per heavy atom. The summed E-state index contributed by atoms with van der Waals surface area (Å²) in [6, 6.07) is 3.89. The van der Waals surface area contributed by atoms with Crippen molar-refractivity contribution in [3.63, 3.8) is 0 Å². The van der Waals surface area contributed by atoms with E-state index in [0.717, 1.165) is 37.0 Å². The monoisotopic (exact) mass is 406 g/mol. The first kappa shape index (κ1) is 19.2. The van der Waals surface area contributed by atoms with Gasteiger partial charge in [0, 0.05) is 11.5 Å². The molecule has 0 heterocycles. The summed E-state index contributed by atoms with van der Waals surface area (Å²) >= 11 is 5.90. The number of hydrazine groups is 1. The van der Waals surface area contributed by atoms with Crippen LogP contribution in [0.1, 0.15) is 44.1 Å². The minimum Gasteiger partial charge on any atom is -0.448 e. The first-order chi connectivity index (χ1) is 13.4. The highest BCUT2D eigenvalue weighted by Gasteiger charge is 2.51. The zero-order valence-corrected chi connectivity index (χ0v) is 16.3.